The van der Waals surface area contributed by atoms with Crippen molar-refractivity contribution >= 4 is 17.6 Å². The number of carbonyl (C=O) groups excluding carboxylic acids is 1. The summed E-state index contributed by atoms with van der Waals surface area (Å²) in [5.41, 5.74) is 7.66. The minimum Gasteiger partial charge on any atom is -0.481 e. The molecule has 5 nitrogen and oxygen atoms in total. The highest BCUT2D eigenvalue weighted by Gasteiger charge is 2.31. The van der Waals surface area contributed by atoms with Gasteiger partial charge in [-0.05, 0) is 31.4 Å². The number of hydrogen-bond donors (Lipinski definition) is 2. The van der Waals surface area contributed by atoms with Gasteiger partial charge in [0, 0.05) is 11.7 Å². The van der Waals surface area contributed by atoms with E-state index in [0.29, 0.717) is 0 Å². The van der Waals surface area contributed by atoms with Crippen molar-refractivity contribution in [1.29, 1.82) is 0 Å². The molecule has 0 fully saturated rings. The van der Waals surface area contributed by atoms with Crippen molar-refractivity contribution in [3.05, 3.63) is 29.8 Å². The van der Waals surface area contributed by atoms with Gasteiger partial charge in [0.2, 0.25) is 5.91 Å². The number of carbonyl (C=O) groups is 2. The molecule has 102 valence electrons. The first-order valence-electron chi connectivity index (χ1n) is 6.39. The summed E-state index contributed by atoms with van der Waals surface area (Å²) in [7, 11) is 0. The molecule has 0 bridgehead atoms. The smallest absolute Gasteiger partial charge is 0.305 e. The maximum atomic E-state index is 12.3. The number of para-hydroxylation sites is 1. The Hall–Kier alpha value is -1.88. The molecule has 1 aromatic carbocycles. The van der Waals surface area contributed by atoms with Crippen LogP contribution in [0.3, 0.4) is 0 Å². The number of hydrogen-bond acceptors (Lipinski definition) is 3. The van der Waals surface area contributed by atoms with Crippen LogP contribution in [0.15, 0.2) is 24.3 Å². The van der Waals surface area contributed by atoms with Crippen molar-refractivity contribution in [2.75, 3.05) is 4.90 Å². The predicted molar refractivity (Wildman–Crippen MR) is 71.9 cm³/mol. The molecule has 0 saturated heterocycles. The van der Waals surface area contributed by atoms with Crippen molar-refractivity contribution in [2.24, 2.45) is 5.73 Å². The van der Waals surface area contributed by atoms with Crippen LogP contribution in [-0.4, -0.2) is 29.1 Å². The maximum Gasteiger partial charge on any atom is 0.305 e. The quantitative estimate of drug-likeness (QED) is 0.856. The van der Waals surface area contributed by atoms with Crippen molar-refractivity contribution < 1.29 is 14.7 Å². The molecular formula is C14H18N2O3. The minimum atomic E-state index is -1.06. The molecule has 0 aliphatic carbocycles. The maximum absolute atomic E-state index is 12.3. The third kappa shape index (κ3) is 2.76. The van der Waals surface area contributed by atoms with Crippen LogP contribution in [0, 0.1) is 0 Å². The second kappa shape index (κ2) is 5.40. The topological polar surface area (TPSA) is 83.6 Å². The van der Waals surface area contributed by atoms with E-state index in [4.69, 9.17) is 10.8 Å². The van der Waals surface area contributed by atoms with Crippen molar-refractivity contribution in [2.45, 2.75) is 38.3 Å². The fraction of sp³-hybridized carbons (Fsp3) is 0.429. The number of nitrogens with two attached hydrogens (primary N) is 1. The van der Waals surface area contributed by atoms with E-state index < -0.39 is 12.0 Å². The lowest BCUT2D eigenvalue weighted by Crippen LogP contribution is -2.50. The second-order valence-corrected chi connectivity index (χ2v) is 4.93. The zero-order chi connectivity index (χ0) is 14.0. The van der Waals surface area contributed by atoms with Crippen LogP contribution in [0.2, 0.25) is 0 Å². The van der Waals surface area contributed by atoms with Crippen LogP contribution in [0.1, 0.15) is 25.3 Å². The van der Waals surface area contributed by atoms with Gasteiger partial charge in [0.25, 0.3) is 0 Å². The summed E-state index contributed by atoms with van der Waals surface area (Å²) >= 11 is 0. The van der Waals surface area contributed by atoms with E-state index in [1.54, 1.807) is 4.90 Å². The number of amides is 1. The third-order valence-corrected chi connectivity index (χ3v) is 3.47. The van der Waals surface area contributed by atoms with E-state index in [2.05, 4.69) is 0 Å². The minimum absolute atomic E-state index is 0.0437. The Morgan fingerprint density at radius 1 is 1.47 bits per heavy atom. The lowest BCUT2D eigenvalue weighted by Gasteiger charge is -2.36. The van der Waals surface area contributed by atoms with Crippen molar-refractivity contribution in [1.82, 2.24) is 0 Å². The van der Waals surface area contributed by atoms with E-state index in [0.717, 1.165) is 24.1 Å². The van der Waals surface area contributed by atoms with E-state index in [9.17, 15) is 9.59 Å². The molecule has 1 aromatic rings. The van der Waals surface area contributed by atoms with E-state index >= 15 is 0 Å². The first kappa shape index (κ1) is 13.5. The molecule has 0 aromatic heterocycles. The Labute approximate surface area is 112 Å². The van der Waals surface area contributed by atoms with E-state index in [-0.39, 0.29) is 18.4 Å². The molecule has 1 heterocycles. The predicted octanol–water partition coefficient (Wildman–Crippen LogP) is 1.16. The molecular weight excluding hydrogens is 244 g/mol. The van der Waals surface area contributed by atoms with Gasteiger partial charge in [0.15, 0.2) is 0 Å². The molecule has 0 saturated carbocycles. The first-order valence-corrected chi connectivity index (χ1v) is 6.39. The largest absolute Gasteiger partial charge is 0.481 e. The van der Waals surface area contributed by atoms with Crippen LogP contribution in [-0.2, 0) is 16.0 Å². The molecule has 0 radical (unpaired) electrons. The number of aryl methyl sites for hydroxylation is 1. The summed E-state index contributed by atoms with van der Waals surface area (Å²) in [6.07, 6.45) is 1.45. The van der Waals surface area contributed by atoms with Gasteiger partial charge in [0.05, 0.1) is 12.5 Å². The molecule has 2 rings (SSSR count). The zero-order valence-electron chi connectivity index (χ0n) is 10.9. The van der Waals surface area contributed by atoms with Crippen molar-refractivity contribution in [3.63, 3.8) is 0 Å². The van der Waals surface area contributed by atoms with Crippen LogP contribution < -0.4 is 10.6 Å². The molecule has 2 atom stereocenters. The van der Waals surface area contributed by atoms with Gasteiger partial charge in [0.1, 0.15) is 0 Å². The monoisotopic (exact) mass is 262 g/mol. The standard InChI is InChI=1S/C14H18N2O3/c1-9-6-7-10-4-2-3-5-12(10)16(9)14(19)11(15)8-13(17)18/h2-5,9,11H,6-8,15H2,1H3,(H,17,18). The molecule has 3 N–H and O–H groups in total. The number of carboxylic acid groups (broad SMARTS) is 1. The average molecular weight is 262 g/mol. The number of nitrogens with zero attached hydrogens (tertiary/aromatic N) is 1. The molecule has 1 amide bonds. The highest BCUT2D eigenvalue weighted by Crippen LogP contribution is 2.30. The first-order chi connectivity index (χ1) is 9.00. The van der Waals surface area contributed by atoms with Gasteiger partial charge in [-0.1, -0.05) is 18.2 Å². The molecule has 19 heavy (non-hydrogen) atoms. The fourth-order valence-corrected chi connectivity index (χ4v) is 2.48. The van der Waals surface area contributed by atoms with Gasteiger partial charge in [-0.2, -0.15) is 0 Å². The van der Waals surface area contributed by atoms with Crippen LogP contribution in [0.5, 0.6) is 0 Å². The molecule has 1 aliphatic rings. The Kier molecular flexibility index (Phi) is 3.85. The summed E-state index contributed by atoms with van der Waals surface area (Å²) < 4.78 is 0. The van der Waals surface area contributed by atoms with Gasteiger partial charge < -0.3 is 15.7 Å². The number of benzene rings is 1. The Bertz CT molecular complexity index is 501. The Morgan fingerprint density at radius 3 is 2.84 bits per heavy atom. The molecule has 1 aliphatic heterocycles. The fourth-order valence-electron chi connectivity index (χ4n) is 2.48. The Morgan fingerprint density at radius 2 is 2.16 bits per heavy atom. The normalized spacial score (nSPS) is 19.7. The highest BCUT2D eigenvalue weighted by atomic mass is 16.4. The number of anilines is 1. The van der Waals surface area contributed by atoms with Crippen LogP contribution >= 0.6 is 0 Å². The number of aliphatic carboxylic acids is 1. The summed E-state index contributed by atoms with van der Waals surface area (Å²) in [6, 6.07) is 6.74. The highest BCUT2D eigenvalue weighted by molar-refractivity contribution is 6.00. The summed E-state index contributed by atoms with van der Waals surface area (Å²) in [5, 5.41) is 8.74. The molecule has 0 spiro atoms. The SMILES string of the molecule is CC1CCc2ccccc2N1C(=O)C(N)CC(=O)O. The van der Waals surface area contributed by atoms with Gasteiger partial charge in [-0.25, -0.2) is 0 Å². The number of fused-ring (bicyclic) bond motifs is 1. The number of carboxylic acids is 1. The van der Waals surface area contributed by atoms with Crippen LogP contribution in [0.25, 0.3) is 0 Å². The van der Waals surface area contributed by atoms with E-state index in [1.165, 1.54) is 0 Å². The second-order valence-electron chi connectivity index (χ2n) is 4.93. The lowest BCUT2D eigenvalue weighted by molar-refractivity contribution is -0.139. The summed E-state index contributed by atoms with van der Waals surface area (Å²) in [6.45, 7) is 1.96. The van der Waals surface area contributed by atoms with Crippen LogP contribution in [0.4, 0.5) is 5.69 Å². The van der Waals surface area contributed by atoms with Gasteiger partial charge >= 0.3 is 5.97 Å². The Balaban J connectivity index is 2.28. The number of rotatable bonds is 3. The zero-order valence-corrected chi connectivity index (χ0v) is 10.9. The van der Waals surface area contributed by atoms with E-state index in [1.807, 2.05) is 31.2 Å². The molecule has 2 unspecified atom stereocenters. The summed E-state index contributed by atoms with van der Waals surface area (Å²) in [5.74, 6) is -1.37. The molecule has 5 heteroatoms. The lowest BCUT2D eigenvalue weighted by atomic mass is 9.95. The van der Waals surface area contributed by atoms with Gasteiger partial charge in [-0.15, -0.1) is 0 Å². The van der Waals surface area contributed by atoms with Crippen molar-refractivity contribution in [3.8, 4) is 0 Å². The summed E-state index contributed by atoms with van der Waals surface area (Å²) in [4.78, 5) is 24.7. The third-order valence-electron chi connectivity index (χ3n) is 3.47. The average Bonchev–Trinajstić information content (AvgIpc) is 2.37. The van der Waals surface area contributed by atoms with Gasteiger partial charge in [-0.3, -0.25) is 9.59 Å².